The van der Waals surface area contributed by atoms with Gasteiger partial charge in [0.2, 0.25) is 0 Å². The molecule has 0 atom stereocenters. The van der Waals surface area contributed by atoms with Gasteiger partial charge in [0.15, 0.2) is 11.8 Å². The summed E-state index contributed by atoms with van der Waals surface area (Å²) in [4.78, 5) is 6.65. The van der Waals surface area contributed by atoms with Crippen LogP contribution in [0.4, 0.5) is 4.39 Å². The van der Waals surface area contributed by atoms with Crippen LogP contribution < -0.4 is 5.32 Å². The number of hydrogen-bond donors (Lipinski definition) is 1. The van der Waals surface area contributed by atoms with Crippen molar-refractivity contribution in [3.63, 3.8) is 0 Å². The highest BCUT2D eigenvalue weighted by Gasteiger charge is 2.17. The van der Waals surface area contributed by atoms with Crippen molar-refractivity contribution in [2.24, 2.45) is 4.99 Å². The van der Waals surface area contributed by atoms with Gasteiger partial charge in [-0.1, -0.05) is 12.1 Å². The molecule has 7 heteroatoms. The number of guanidine groups is 1. The zero-order chi connectivity index (χ0) is 16.9. The summed E-state index contributed by atoms with van der Waals surface area (Å²) in [5.41, 5.74) is 0.909. The topological polar surface area (TPSA) is 58.3 Å². The van der Waals surface area contributed by atoms with Crippen LogP contribution in [0.2, 0.25) is 0 Å². The third-order valence-electron chi connectivity index (χ3n) is 4.06. The maximum atomic E-state index is 13.3. The van der Waals surface area contributed by atoms with E-state index in [4.69, 9.17) is 0 Å². The van der Waals surface area contributed by atoms with Crippen LogP contribution in [0.25, 0.3) is 0 Å². The quantitative estimate of drug-likeness (QED) is 0.672. The van der Waals surface area contributed by atoms with Crippen molar-refractivity contribution >= 4 is 5.96 Å². The number of fused-ring (bicyclic) bond motifs is 1. The van der Waals surface area contributed by atoms with Crippen LogP contribution in [0, 0.1) is 5.82 Å². The molecule has 0 aliphatic carbocycles. The van der Waals surface area contributed by atoms with E-state index in [9.17, 15) is 4.39 Å². The number of halogens is 1. The molecule has 0 bridgehead atoms. The predicted molar refractivity (Wildman–Crippen MR) is 91.0 cm³/mol. The average Bonchev–Trinajstić information content (AvgIpc) is 3.15. The molecule has 0 unspecified atom stereocenters. The van der Waals surface area contributed by atoms with Crippen molar-refractivity contribution in [3.05, 3.63) is 47.3 Å². The van der Waals surface area contributed by atoms with Crippen LogP contribution in [-0.4, -0.2) is 39.2 Å². The molecule has 6 nitrogen and oxygen atoms in total. The van der Waals surface area contributed by atoms with Gasteiger partial charge in [-0.15, -0.1) is 10.2 Å². The number of rotatable bonds is 5. The molecular weight excluding hydrogens is 307 g/mol. The van der Waals surface area contributed by atoms with E-state index < -0.39 is 0 Å². The highest BCUT2D eigenvalue weighted by Crippen LogP contribution is 2.14. The Bertz CT molecular complexity index is 724. The Hall–Kier alpha value is -2.44. The van der Waals surface area contributed by atoms with Gasteiger partial charge in [0, 0.05) is 33.1 Å². The highest BCUT2D eigenvalue weighted by molar-refractivity contribution is 5.79. The second-order valence-electron chi connectivity index (χ2n) is 5.94. The van der Waals surface area contributed by atoms with Gasteiger partial charge in [-0.25, -0.2) is 9.38 Å². The molecule has 0 spiro atoms. The molecule has 0 saturated carbocycles. The zero-order valence-corrected chi connectivity index (χ0v) is 14.2. The summed E-state index contributed by atoms with van der Waals surface area (Å²) < 4.78 is 15.5. The summed E-state index contributed by atoms with van der Waals surface area (Å²) in [6.07, 6.45) is 2.12. The molecule has 24 heavy (non-hydrogen) atoms. The van der Waals surface area contributed by atoms with Gasteiger partial charge in [0.1, 0.15) is 18.2 Å². The van der Waals surface area contributed by atoms with Crippen molar-refractivity contribution < 1.29 is 4.39 Å². The van der Waals surface area contributed by atoms with Gasteiger partial charge < -0.3 is 14.8 Å². The molecule has 1 aromatic heterocycles. The van der Waals surface area contributed by atoms with E-state index >= 15 is 0 Å². The first-order valence-corrected chi connectivity index (χ1v) is 8.32. The van der Waals surface area contributed by atoms with Crippen molar-refractivity contribution in [1.82, 2.24) is 25.0 Å². The molecule has 128 valence electrons. The van der Waals surface area contributed by atoms with E-state index in [1.54, 1.807) is 12.1 Å². The van der Waals surface area contributed by atoms with Crippen LogP contribution in [0.1, 0.15) is 30.6 Å². The standard InChI is InChI=1S/C17H23FN6/c1-3-19-17(23(2)12-13-6-4-7-14(18)10-13)20-11-16-22-21-15-8-5-9-24(15)16/h4,6-7,10H,3,5,8-9,11-12H2,1-2H3,(H,19,20). The van der Waals surface area contributed by atoms with Gasteiger partial charge in [-0.3, -0.25) is 0 Å². The minimum Gasteiger partial charge on any atom is -0.357 e. The number of aryl methyl sites for hydroxylation is 1. The first-order chi connectivity index (χ1) is 11.7. The normalized spacial score (nSPS) is 13.9. The van der Waals surface area contributed by atoms with Crippen molar-refractivity contribution in [3.8, 4) is 0 Å². The maximum Gasteiger partial charge on any atom is 0.194 e. The molecule has 2 aromatic rings. The Labute approximate surface area is 141 Å². The lowest BCUT2D eigenvalue weighted by atomic mass is 10.2. The number of nitrogens with one attached hydrogen (secondary N) is 1. The molecule has 0 fully saturated rings. The summed E-state index contributed by atoms with van der Waals surface area (Å²) in [6.45, 7) is 4.85. The molecule has 1 aliphatic rings. The zero-order valence-electron chi connectivity index (χ0n) is 14.2. The molecule has 1 aliphatic heterocycles. The lowest BCUT2D eigenvalue weighted by Gasteiger charge is -2.22. The largest absolute Gasteiger partial charge is 0.357 e. The number of hydrogen-bond acceptors (Lipinski definition) is 3. The van der Waals surface area contributed by atoms with Crippen LogP contribution in [-0.2, 0) is 26.1 Å². The molecule has 2 heterocycles. The van der Waals surface area contributed by atoms with Crippen molar-refractivity contribution in [1.29, 1.82) is 0 Å². The first kappa shape index (κ1) is 16.4. The Morgan fingerprint density at radius 1 is 1.42 bits per heavy atom. The smallest absolute Gasteiger partial charge is 0.194 e. The molecule has 1 aromatic carbocycles. The van der Waals surface area contributed by atoms with Crippen molar-refractivity contribution in [2.45, 2.75) is 39.4 Å². The second kappa shape index (κ2) is 7.42. The van der Waals surface area contributed by atoms with Crippen molar-refractivity contribution in [2.75, 3.05) is 13.6 Å². The van der Waals surface area contributed by atoms with E-state index in [2.05, 4.69) is 25.1 Å². The number of benzene rings is 1. The summed E-state index contributed by atoms with van der Waals surface area (Å²) in [6, 6.07) is 6.64. The maximum absolute atomic E-state index is 13.3. The van der Waals surface area contributed by atoms with Crippen LogP contribution in [0.5, 0.6) is 0 Å². The van der Waals surface area contributed by atoms with Gasteiger partial charge in [-0.2, -0.15) is 0 Å². The number of nitrogens with zero attached hydrogens (tertiary/aromatic N) is 5. The molecule has 0 radical (unpaired) electrons. The lowest BCUT2D eigenvalue weighted by Crippen LogP contribution is -2.38. The third kappa shape index (κ3) is 3.72. The summed E-state index contributed by atoms with van der Waals surface area (Å²) in [5, 5.41) is 11.7. The highest BCUT2D eigenvalue weighted by atomic mass is 19.1. The van der Waals surface area contributed by atoms with Crippen LogP contribution in [0.3, 0.4) is 0 Å². The summed E-state index contributed by atoms with van der Waals surface area (Å²) in [5.74, 6) is 2.51. The molecular formula is C17H23FN6. The van der Waals surface area contributed by atoms with Gasteiger partial charge in [-0.05, 0) is 31.0 Å². The van der Waals surface area contributed by atoms with E-state index in [1.165, 1.54) is 6.07 Å². The fourth-order valence-electron chi connectivity index (χ4n) is 2.93. The monoisotopic (exact) mass is 330 g/mol. The van der Waals surface area contributed by atoms with E-state index in [0.717, 1.165) is 49.1 Å². The second-order valence-corrected chi connectivity index (χ2v) is 5.94. The van der Waals surface area contributed by atoms with Gasteiger partial charge >= 0.3 is 0 Å². The van der Waals surface area contributed by atoms with E-state index in [-0.39, 0.29) is 5.82 Å². The molecule has 1 N–H and O–H groups in total. The Balaban J connectivity index is 1.70. The fraction of sp³-hybridized carbons (Fsp3) is 0.471. The lowest BCUT2D eigenvalue weighted by molar-refractivity contribution is 0.474. The summed E-state index contributed by atoms with van der Waals surface area (Å²) >= 11 is 0. The minimum absolute atomic E-state index is 0.220. The van der Waals surface area contributed by atoms with E-state index in [0.29, 0.717) is 13.1 Å². The van der Waals surface area contributed by atoms with Crippen LogP contribution in [0.15, 0.2) is 29.3 Å². The van der Waals surface area contributed by atoms with Gasteiger partial charge in [0.25, 0.3) is 0 Å². The van der Waals surface area contributed by atoms with Crippen LogP contribution >= 0.6 is 0 Å². The fourth-order valence-corrected chi connectivity index (χ4v) is 2.93. The minimum atomic E-state index is -0.220. The Morgan fingerprint density at radius 2 is 2.29 bits per heavy atom. The Morgan fingerprint density at radius 3 is 3.08 bits per heavy atom. The number of aliphatic imine (C=N–C) groups is 1. The summed E-state index contributed by atoms with van der Waals surface area (Å²) in [7, 11) is 1.95. The molecule has 0 saturated heterocycles. The molecule has 0 amide bonds. The molecule has 3 rings (SSSR count). The third-order valence-corrected chi connectivity index (χ3v) is 4.06. The SMILES string of the molecule is CCNC(=NCc1nnc2n1CCC2)N(C)Cc1cccc(F)c1. The number of aromatic nitrogens is 3. The first-order valence-electron chi connectivity index (χ1n) is 8.32. The average molecular weight is 330 g/mol. The van der Waals surface area contributed by atoms with Gasteiger partial charge in [0.05, 0.1) is 0 Å². The Kier molecular flexibility index (Phi) is 5.08. The van der Waals surface area contributed by atoms with E-state index in [1.807, 2.05) is 24.9 Å². The predicted octanol–water partition coefficient (Wildman–Crippen LogP) is 1.96.